The van der Waals surface area contributed by atoms with E-state index >= 15 is 0 Å². The number of hydrogen-bond acceptors (Lipinski definition) is 9. The van der Waals surface area contributed by atoms with Crippen LogP contribution in [0.1, 0.15) is 26.5 Å². The summed E-state index contributed by atoms with van der Waals surface area (Å²) < 4.78 is 22.6. The van der Waals surface area contributed by atoms with Crippen molar-refractivity contribution in [2.75, 3.05) is 5.75 Å². The molecule has 0 amide bonds. The number of halogens is 1. The number of hydrogen-bond donors (Lipinski definition) is 0. The third kappa shape index (κ3) is 6.23. The highest BCUT2D eigenvalue weighted by atomic mass is 127. The van der Waals surface area contributed by atoms with Crippen molar-refractivity contribution in [3.63, 3.8) is 0 Å². The van der Waals surface area contributed by atoms with Gasteiger partial charge in [-0.3, -0.25) is 14.4 Å². The van der Waals surface area contributed by atoms with Gasteiger partial charge in [-0.25, -0.2) is 4.98 Å². The molecule has 0 radical (unpaired) electrons. The molecule has 2 rings (SSSR count). The molecule has 0 aliphatic carbocycles. The first-order chi connectivity index (χ1) is 12.7. The molecule has 1 aliphatic rings. The minimum Gasteiger partial charge on any atom is -0.473 e. The summed E-state index contributed by atoms with van der Waals surface area (Å²) in [5.74, 6) is -0.826. The number of rotatable bonds is 5. The fraction of sp³-hybridized carbons (Fsp3) is 0.529. The second-order valence-electron chi connectivity index (χ2n) is 5.86. The Labute approximate surface area is 174 Å². The average molecular weight is 509 g/mol. The number of aryl methyl sites for hydroxylation is 1. The van der Waals surface area contributed by atoms with Gasteiger partial charge in [0.15, 0.2) is 29.5 Å². The summed E-state index contributed by atoms with van der Waals surface area (Å²) in [5, 5.41) is 0. The van der Waals surface area contributed by atoms with Gasteiger partial charge < -0.3 is 18.9 Å². The summed E-state index contributed by atoms with van der Waals surface area (Å²) in [7, 11) is 0. The maximum atomic E-state index is 11.6. The Morgan fingerprint density at radius 3 is 2.19 bits per heavy atom. The third-order valence-electron chi connectivity index (χ3n) is 3.50. The second kappa shape index (κ2) is 9.58. The molecule has 27 heavy (non-hydrogen) atoms. The van der Waals surface area contributed by atoms with Crippen LogP contribution in [0.5, 0.6) is 5.75 Å². The SMILES string of the molecule is CC(=O)O[C@H]1[C@H](OC(C)=O)CSC(Oc2ccc(C)nc2I)[C@@H]1OC(C)=O. The van der Waals surface area contributed by atoms with Crippen LogP contribution in [-0.4, -0.2) is 52.4 Å². The molecule has 0 bridgehead atoms. The van der Waals surface area contributed by atoms with Crippen molar-refractivity contribution >= 4 is 52.3 Å². The van der Waals surface area contributed by atoms with Crippen molar-refractivity contribution in [1.29, 1.82) is 0 Å². The highest BCUT2D eigenvalue weighted by Crippen LogP contribution is 2.35. The Balaban J connectivity index is 2.30. The van der Waals surface area contributed by atoms with E-state index in [4.69, 9.17) is 18.9 Å². The summed E-state index contributed by atoms with van der Waals surface area (Å²) in [6, 6.07) is 3.57. The number of nitrogens with zero attached hydrogens (tertiary/aromatic N) is 1. The Bertz CT molecular complexity index is 729. The standard InChI is InChI=1S/C17H20INO7S/c1-8-5-6-12(16(18)19-8)26-17-15(25-11(4)22)14(24-10(3)21)13(7-27-17)23-9(2)20/h5-6,13-15,17H,7H2,1-4H3/t13-,14+,15-,17?/m1/s1. The number of carbonyl (C=O) groups is 3. The molecular formula is C17H20INO7S. The van der Waals surface area contributed by atoms with E-state index in [1.54, 1.807) is 12.1 Å². The molecule has 0 saturated carbocycles. The van der Waals surface area contributed by atoms with Crippen molar-refractivity contribution in [2.24, 2.45) is 0 Å². The monoisotopic (exact) mass is 509 g/mol. The van der Waals surface area contributed by atoms with E-state index in [0.717, 1.165) is 5.69 Å². The van der Waals surface area contributed by atoms with E-state index in [2.05, 4.69) is 27.6 Å². The number of ether oxygens (including phenoxy) is 4. The van der Waals surface area contributed by atoms with Gasteiger partial charge in [0.2, 0.25) is 0 Å². The van der Waals surface area contributed by atoms with Crippen LogP contribution in [0, 0.1) is 10.6 Å². The van der Waals surface area contributed by atoms with Gasteiger partial charge in [0, 0.05) is 32.2 Å². The summed E-state index contributed by atoms with van der Waals surface area (Å²) >= 11 is 3.36. The van der Waals surface area contributed by atoms with Crippen molar-refractivity contribution in [3.8, 4) is 5.75 Å². The predicted molar refractivity (Wildman–Crippen MR) is 105 cm³/mol. The molecule has 0 spiro atoms. The highest BCUT2D eigenvalue weighted by Gasteiger charge is 2.47. The number of thioether (sulfide) groups is 1. The van der Waals surface area contributed by atoms with Gasteiger partial charge in [-0.05, 0) is 41.6 Å². The third-order valence-corrected chi connectivity index (χ3v) is 5.49. The Hall–Kier alpha value is -1.56. The molecule has 4 atom stereocenters. The summed E-state index contributed by atoms with van der Waals surface area (Å²) in [4.78, 5) is 38.9. The van der Waals surface area contributed by atoms with Crippen molar-refractivity contribution < 1.29 is 33.3 Å². The van der Waals surface area contributed by atoms with E-state index in [-0.39, 0.29) is 0 Å². The Morgan fingerprint density at radius 2 is 1.63 bits per heavy atom. The molecule has 1 aromatic rings. The lowest BCUT2D eigenvalue weighted by molar-refractivity contribution is -0.186. The van der Waals surface area contributed by atoms with Gasteiger partial charge in [-0.15, -0.1) is 11.8 Å². The van der Waals surface area contributed by atoms with E-state index in [9.17, 15) is 14.4 Å². The number of pyridine rings is 1. The van der Waals surface area contributed by atoms with Crippen LogP contribution in [-0.2, 0) is 28.6 Å². The largest absolute Gasteiger partial charge is 0.473 e. The topological polar surface area (TPSA) is 101 Å². The molecule has 10 heteroatoms. The van der Waals surface area contributed by atoms with E-state index in [1.807, 2.05) is 6.92 Å². The first-order valence-corrected chi connectivity index (χ1v) is 10.2. The molecule has 0 aromatic carbocycles. The van der Waals surface area contributed by atoms with Crippen molar-refractivity contribution in [2.45, 2.75) is 51.4 Å². The van der Waals surface area contributed by atoms with Crippen LogP contribution in [0.25, 0.3) is 0 Å². The van der Waals surface area contributed by atoms with Crippen molar-refractivity contribution in [3.05, 3.63) is 21.5 Å². The zero-order chi connectivity index (χ0) is 20.1. The number of esters is 3. The Kier molecular flexibility index (Phi) is 7.71. The summed E-state index contributed by atoms with van der Waals surface area (Å²) in [6.45, 7) is 5.61. The fourth-order valence-electron chi connectivity index (χ4n) is 2.54. The van der Waals surface area contributed by atoms with Gasteiger partial charge in [-0.1, -0.05) is 0 Å². The zero-order valence-electron chi connectivity index (χ0n) is 15.3. The molecule has 2 heterocycles. The van der Waals surface area contributed by atoms with Crippen LogP contribution in [0.3, 0.4) is 0 Å². The van der Waals surface area contributed by atoms with Gasteiger partial charge in [-0.2, -0.15) is 0 Å². The first kappa shape index (κ1) is 21.7. The quantitative estimate of drug-likeness (QED) is 0.256. The maximum absolute atomic E-state index is 11.6. The van der Waals surface area contributed by atoms with E-state index in [0.29, 0.717) is 15.2 Å². The van der Waals surface area contributed by atoms with Crippen LogP contribution in [0.15, 0.2) is 12.1 Å². The fourth-order valence-corrected chi connectivity index (χ4v) is 4.43. The van der Waals surface area contributed by atoms with Gasteiger partial charge in [0.1, 0.15) is 3.70 Å². The normalized spacial score (nSPS) is 24.6. The minimum atomic E-state index is -0.974. The van der Waals surface area contributed by atoms with E-state index < -0.39 is 41.7 Å². The van der Waals surface area contributed by atoms with Crippen LogP contribution < -0.4 is 4.74 Å². The molecule has 148 valence electrons. The van der Waals surface area contributed by atoms with Crippen molar-refractivity contribution in [1.82, 2.24) is 4.98 Å². The lowest BCUT2D eigenvalue weighted by Crippen LogP contribution is -2.55. The summed E-state index contributed by atoms with van der Waals surface area (Å²) in [5.41, 5.74) is 0.176. The lowest BCUT2D eigenvalue weighted by Gasteiger charge is -2.39. The predicted octanol–water partition coefficient (Wildman–Crippen LogP) is 2.24. The molecule has 1 fully saturated rings. The smallest absolute Gasteiger partial charge is 0.303 e. The number of carbonyl (C=O) groups excluding carboxylic acids is 3. The number of aromatic nitrogens is 1. The van der Waals surface area contributed by atoms with E-state index in [1.165, 1.54) is 32.5 Å². The second-order valence-corrected chi connectivity index (χ2v) is 8.01. The Morgan fingerprint density at radius 1 is 1.04 bits per heavy atom. The molecule has 1 saturated heterocycles. The molecule has 0 N–H and O–H groups in total. The zero-order valence-corrected chi connectivity index (χ0v) is 18.2. The van der Waals surface area contributed by atoms with Crippen LogP contribution in [0.4, 0.5) is 0 Å². The van der Waals surface area contributed by atoms with Crippen LogP contribution >= 0.6 is 34.4 Å². The molecule has 1 unspecified atom stereocenters. The van der Waals surface area contributed by atoms with Crippen LogP contribution in [0.2, 0.25) is 0 Å². The molecule has 1 aliphatic heterocycles. The summed E-state index contributed by atoms with van der Waals surface area (Å²) in [6.07, 6.45) is -2.68. The first-order valence-electron chi connectivity index (χ1n) is 8.10. The van der Waals surface area contributed by atoms with Gasteiger partial charge >= 0.3 is 17.9 Å². The average Bonchev–Trinajstić information content (AvgIpc) is 2.53. The van der Waals surface area contributed by atoms with Gasteiger partial charge in [0.05, 0.1) is 0 Å². The van der Waals surface area contributed by atoms with Gasteiger partial charge in [0.25, 0.3) is 0 Å². The molecule has 8 nitrogen and oxygen atoms in total. The maximum Gasteiger partial charge on any atom is 0.303 e. The molecule has 1 aromatic heterocycles. The molecular weight excluding hydrogens is 489 g/mol. The lowest BCUT2D eigenvalue weighted by atomic mass is 10.1. The highest BCUT2D eigenvalue weighted by molar-refractivity contribution is 14.1. The minimum absolute atomic E-state index is 0.315.